The highest BCUT2D eigenvalue weighted by atomic mass is 35.5. The second-order valence-corrected chi connectivity index (χ2v) is 8.70. The molecule has 3 heterocycles. The molecule has 1 amide bonds. The zero-order valence-electron chi connectivity index (χ0n) is 14.1. The highest BCUT2D eigenvalue weighted by Gasteiger charge is 2.23. The lowest BCUT2D eigenvalue weighted by molar-refractivity contribution is 0.0391. The van der Waals surface area contributed by atoms with Gasteiger partial charge in [0.15, 0.2) is 5.13 Å². The van der Waals surface area contributed by atoms with Gasteiger partial charge >= 0.3 is 0 Å². The van der Waals surface area contributed by atoms with Crippen molar-refractivity contribution in [3.8, 4) is 0 Å². The number of ether oxygens (including phenoxy) is 1. The summed E-state index contributed by atoms with van der Waals surface area (Å²) in [4.78, 5) is 22.5. The fourth-order valence-electron chi connectivity index (χ4n) is 2.89. The molecule has 4 rings (SSSR count). The molecule has 2 aromatic heterocycles. The summed E-state index contributed by atoms with van der Waals surface area (Å²) in [5.74, 6) is -0.0470. The van der Waals surface area contributed by atoms with Gasteiger partial charge < -0.3 is 4.74 Å². The molecule has 26 heavy (non-hydrogen) atoms. The topological polar surface area (TPSA) is 45.7 Å². The van der Waals surface area contributed by atoms with Gasteiger partial charge in [-0.05, 0) is 24.3 Å². The highest BCUT2D eigenvalue weighted by molar-refractivity contribution is 7.22. The number of thiazole rings is 1. The molecule has 136 valence electrons. The summed E-state index contributed by atoms with van der Waals surface area (Å²) >= 11 is 8.88. The molecular formula is C18H18ClN3O2S2. The van der Waals surface area contributed by atoms with E-state index in [4.69, 9.17) is 16.3 Å². The zero-order valence-corrected chi connectivity index (χ0v) is 16.4. The number of hydrogen-bond acceptors (Lipinski definition) is 6. The van der Waals surface area contributed by atoms with Gasteiger partial charge in [-0.25, -0.2) is 4.98 Å². The second kappa shape index (κ2) is 8.02. The van der Waals surface area contributed by atoms with E-state index in [0.717, 1.165) is 48.2 Å². The van der Waals surface area contributed by atoms with E-state index >= 15 is 0 Å². The van der Waals surface area contributed by atoms with Crippen LogP contribution in [-0.2, 0) is 4.74 Å². The van der Waals surface area contributed by atoms with E-state index < -0.39 is 0 Å². The van der Waals surface area contributed by atoms with Crippen molar-refractivity contribution in [2.45, 2.75) is 0 Å². The van der Waals surface area contributed by atoms with Crippen molar-refractivity contribution in [3.63, 3.8) is 0 Å². The molecule has 0 saturated carbocycles. The number of morpholine rings is 1. The minimum atomic E-state index is -0.0470. The summed E-state index contributed by atoms with van der Waals surface area (Å²) in [6, 6.07) is 11.5. The first kappa shape index (κ1) is 17.9. The number of hydrogen-bond donors (Lipinski definition) is 0. The first-order chi connectivity index (χ1) is 12.7. The SMILES string of the molecule is O=C(c1ccc(Cl)s1)N(CCN1CCOCC1)c1nc2ccccc2s1. The van der Waals surface area contributed by atoms with Crippen LogP contribution in [0.2, 0.25) is 4.34 Å². The van der Waals surface area contributed by atoms with E-state index in [2.05, 4.69) is 9.88 Å². The molecule has 3 aromatic rings. The van der Waals surface area contributed by atoms with Gasteiger partial charge in [-0.15, -0.1) is 11.3 Å². The lowest BCUT2D eigenvalue weighted by atomic mass is 10.3. The summed E-state index contributed by atoms with van der Waals surface area (Å²) in [5.41, 5.74) is 0.917. The maximum Gasteiger partial charge on any atom is 0.270 e. The Bertz CT molecular complexity index is 872. The molecule has 1 aliphatic heterocycles. The fourth-order valence-corrected chi connectivity index (χ4v) is 4.87. The summed E-state index contributed by atoms with van der Waals surface area (Å²) in [6.07, 6.45) is 0. The van der Waals surface area contributed by atoms with Crippen LogP contribution in [0.1, 0.15) is 9.67 Å². The Morgan fingerprint density at radius 2 is 2.00 bits per heavy atom. The lowest BCUT2D eigenvalue weighted by Crippen LogP contribution is -2.43. The van der Waals surface area contributed by atoms with Crippen molar-refractivity contribution in [3.05, 3.63) is 45.6 Å². The number of aromatic nitrogens is 1. The molecule has 0 radical (unpaired) electrons. The number of amides is 1. The molecule has 0 spiro atoms. The molecule has 1 aliphatic rings. The molecule has 1 aromatic carbocycles. The van der Waals surface area contributed by atoms with Crippen LogP contribution < -0.4 is 4.90 Å². The van der Waals surface area contributed by atoms with E-state index in [1.807, 2.05) is 24.3 Å². The molecule has 0 atom stereocenters. The molecule has 8 heteroatoms. The van der Waals surface area contributed by atoms with E-state index in [1.165, 1.54) is 11.3 Å². The average molecular weight is 408 g/mol. The van der Waals surface area contributed by atoms with Gasteiger partial charge in [0.1, 0.15) is 0 Å². The van der Waals surface area contributed by atoms with E-state index in [1.54, 1.807) is 28.4 Å². The number of thiophene rings is 1. The third kappa shape index (κ3) is 3.92. The van der Waals surface area contributed by atoms with Crippen LogP contribution in [0.4, 0.5) is 5.13 Å². The predicted octanol–water partition coefficient (Wildman–Crippen LogP) is 3.99. The third-order valence-electron chi connectivity index (χ3n) is 4.29. The fraction of sp³-hybridized carbons (Fsp3) is 0.333. The summed E-state index contributed by atoms with van der Waals surface area (Å²) < 4.78 is 7.10. The molecule has 0 unspecified atom stereocenters. The number of rotatable bonds is 5. The number of carbonyl (C=O) groups is 1. The third-order valence-corrected chi connectivity index (χ3v) is 6.56. The van der Waals surface area contributed by atoms with E-state index in [9.17, 15) is 4.79 Å². The van der Waals surface area contributed by atoms with Crippen LogP contribution >= 0.6 is 34.3 Å². The quantitative estimate of drug-likeness (QED) is 0.641. The Hall–Kier alpha value is -1.51. The number of carbonyl (C=O) groups excluding carboxylic acids is 1. The zero-order chi connectivity index (χ0) is 17.9. The van der Waals surface area contributed by atoms with Gasteiger partial charge in [0.2, 0.25) is 0 Å². The van der Waals surface area contributed by atoms with Crippen LogP contribution in [0.3, 0.4) is 0 Å². The molecule has 1 fully saturated rings. The number of anilines is 1. The Labute approximate surface area is 164 Å². The number of halogens is 1. The molecule has 0 aliphatic carbocycles. The Balaban J connectivity index is 1.60. The van der Waals surface area contributed by atoms with Gasteiger partial charge in [-0.3, -0.25) is 14.6 Å². The number of fused-ring (bicyclic) bond motifs is 1. The largest absolute Gasteiger partial charge is 0.379 e. The van der Waals surface area contributed by atoms with Crippen LogP contribution in [-0.4, -0.2) is 55.2 Å². The number of para-hydroxylation sites is 1. The highest BCUT2D eigenvalue weighted by Crippen LogP contribution is 2.31. The van der Waals surface area contributed by atoms with Gasteiger partial charge in [0.05, 0.1) is 32.6 Å². The molecule has 5 nitrogen and oxygen atoms in total. The first-order valence-corrected chi connectivity index (χ1v) is 10.4. The number of nitrogens with zero attached hydrogens (tertiary/aromatic N) is 3. The number of benzene rings is 1. The van der Waals surface area contributed by atoms with Gasteiger partial charge in [-0.2, -0.15) is 0 Å². The minimum Gasteiger partial charge on any atom is -0.379 e. The monoisotopic (exact) mass is 407 g/mol. The standard InChI is InChI=1S/C18H18ClN3O2S2/c19-16-6-5-15(25-16)17(23)22(8-7-21-9-11-24-12-10-21)18-20-13-3-1-2-4-14(13)26-18/h1-6H,7-12H2. The van der Waals surface area contributed by atoms with Crippen molar-refractivity contribution in [1.29, 1.82) is 0 Å². The maximum atomic E-state index is 13.1. The summed E-state index contributed by atoms with van der Waals surface area (Å²) in [6.45, 7) is 4.67. The van der Waals surface area contributed by atoms with Crippen molar-refractivity contribution >= 4 is 55.5 Å². The van der Waals surface area contributed by atoms with Crippen LogP contribution in [0.25, 0.3) is 10.2 Å². The predicted molar refractivity (Wildman–Crippen MR) is 108 cm³/mol. The van der Waals surface area contributed by atoms with Gasteiger partial charge in [0.25, 0.3) is 5.91 Å². The molecule has 1 saturated heterocycles. The van der Waals surface area contributed by atoms with E-state index in [0.29, 0.717) is 15.8 Å². The smallest absolute Gasteiger partial charge is 0.270 e. The maximum absolute atomic E-state index is 13.1. The Morgan fingerprint density at radius 3 is 2.73 bits per heavy atom. The van der Waals surface area contributed by atoms with Gasteiger partial charge in [-0.1, -0.05) is 35.1 Å². The van der Waals surface area contributed by atoms with Crippen molar-refractivity contribution in [2.75, 3.05) is 44.3 Å². The molecule has 0 bridgehead atoms. The Morgan fingerprint density at radius 1 is 1.19 bits per heavy atom. The lowest BCUT2D eigenvalue weighted by Gasteiger charge is -2.29. The molecule has 0 N–H and O–H groups in total. The molecular weight excluding hydrogens is 390 g/mol. The van der Waals surface area contributed by atoms with Crippen LogP contribution in [0.5, 0.6) is 0 Å². The minimum absolute atomic E-state index is 0.0470. The first-order valence-electron chi connectivity index (χ1n) is 8.43. The van der Waals surface area contributed by atoms with Crippen LogP contribution in [0.15, 0.2) is 36.4 Å². The van der Waals surface area contributed by atoms with Crippen molar-refractivity contribution in [1.82, 2.24) is 9.88 Å². The van der Waals surface area contributed by atoms with Crippen molar-refractivity contribution in [2.24, 2.45) is 0 Å². The Kier molecular flexibility index (Phi) is 5.52. The van der Waals surface area contributed by atoms with E-state index in [-0.39, 0.29) is 5.91 Å². The van der Waals surface area contributed by atoms with Crippen molar-refractivity contribution < 1.29 is 9.53 Å². The summed E-state index contributed by atoms with van der Waals surface area (Å²) in [5, 5.41) is 0.731. The summed E-state index contributed by atoms with van der Waals surface area (Å²) in [7, 11) is 0. The van der Waals surface area contributed by atoms with Gasteiger partial charge in [0, 0.05) is 26.2 Å². The average Bonchev–Trinajstić information content (AvgIpc) is 3.28. The van der Waals surface area contributed by atoms with Crippen LogP contribution in [0, 0.1) is 0 Å². The second-order valence-electron chi connectivity index (χ2n) is 5.98. The normalized spacial score (nSPS) is 15.4.